The van der Waals surface area contributed by atoms with E-state index >= 15 is 0 Å². The van der Waals surface area contributed by atoms with Gasteiger partial charge in [0.05, 0.1) is 29.2 Å². The topological polar surface area (TPSA) is 60.4 Å². The molecule has 0 spiro atoms. The number of fused-ring (bicyclic) bond motifs is 1. The van der Waals surface area contributed by atoms with Gasteiger partial charge in [0.1, 0.15) is 18.5 Å². The summed E-state index contributed by atoms with van der Waals surface area (Å²) in [5, 5.41) is 1.13. The lowest BCUT2D eigenvalue weighted by atomic mass is 10.1. The molecule has 0 N–H and O–H groups in total. The van der Waals surface area contributed by atoms with Crippen LogP contribution in [-0.4, -0.2) is 34.6 Å². The lowest BCUT2D eigenvalue weighted by Gasteiger charge is -2.35. The Hall–Kier alpha value is -4.29. The molecule has 1 fully saturated rings. The summed E-state index contributed by atoms with van der Waals surface area (Å²) in [6.45, 7) is 2.64. The molecule has 1 saturated heterocycles. The van der Waals surface area contributed by atoms with Crippen LogP contribution in [-0.2, 0) is 11.3 Å². The molecule has 36 heavy (non-hydrogen) atoms. The summed E-state index contributed by atoms with van der Waals surface area (Å²) in [5.74, 6) is 0.800. The van der Waals surface area contributed by atoms with Crippen LogP contribution < -0.4 is 9.64 Å². The summed E-state index contributed by atoms with van der Waals surface area (Å²) in [6.07, 6.45) is 5.49. The normalized spacial score (nSPS) is 15.7. The van der Waals surface area contributed by atoms with Crippen molar-refractivity contribution >= 4 is 16.6 Å². The zero-order chi connectivity index (χ0) is 24.2. The van der Waals surface area contributed by atoms with Crippen LogP contribution in [0.4, 0.5) is 5.69 Å². The number of ether oxygens (including phenoxy) is 2. The highest BCUT2D eigenvalue weighted by Gasteiger charge is 2.24. The Labute approximate surface area is 210 Å². The van der Waals surface area contributed by atoms with Crippen molar-refractivity contribution in [3.05, 3.63) is 115 Å². The van der Waals surface area contributed by atoms with E-state index in [0.717, 1.165) is 57.9 Å². The number of nitrogens with zero attached hydrogens (tertiary/aromatic N) is 4. The summed E-state index contributed by atoms with van der Waals surface area (Å²) in [5.41, 5.74) is 6.07. The van der Waals surface area contributed by atoms with Crippen molar-refractivity contribution in [3.63, 3.8) is 0 Å². The van der Waals surface area contributed by atoms with Gasteiger partial charge in [-0.05, 0) is 54.6 Å². The molecule has 0 aliphatic carbocycles. The summed E-state index contributed by atoms with van der Waals surface area (Å²) in [4.78, 5) is 16.0. The molecule has 6 heteroatoms. The first kappa shape index (κ1) is 22.2. The van der Waals surface area contributed by atoms with Gasteiger partial charge in [-0.3, -0.25) is 9.97 Å². The molecule has 6 nitrogen and oxygen atoms in total. The SMILES string of the molecule is c1cncc(C2CN(c3cccnc3-c3ccc(OCc4ccc5ccccc5n4)cc3)CCO2)c1. The van der Waals surface area contributed by atoms with Crippen molar-refractivity contribution in [2.45, 2.75) is 12.7 Å². The highest BCUT2D eigenvalue weighted by atomic mass is 16.5. The van der Waals surface area contributed by atoms with Crippen molar-refractivity contribution in [1.29, 1.82) is 0 Å². The van der Waals surface area contributed by atoms with Crippen LogP contribution in [0.1, 0.15) is 17.4 Å². The molecule has 2 aromatic carbocycles. The van der Waals surface area contributed by atoms with Crippen molar-refractivity contribution in [2.24, 2.45) is 0 Å². The number of para-hydroxylation sites is 1. The Morgan fingerprint density at radius 1 is 0.889 bits per heavy atom. The molecule has 6 rings (SSSR count). The highest BCUT2D eigenvalue weighted by molar-refractivity contribution is 5.78. The third kappa shape index (κ3) is 4.76. The van der Waals surface area contributed by atoms with E-state index in [2.05, 4.69) is 46.3 Å². The van der Waals surface area contributed by atoms with Crippen molar-refractivity contribution in [2.75, 3.05) is 24.6 Å². The van der Waals surface area contributed by atoms with Gasteiger partial charge < -0.3 is 14.4 Å². The fourth-order valence-corrected chi connectivity index (χ4v) is 4.57. The van der Waals surface area contributed by atoms with Gasteiger partial charge in [0.2, 0.25) is 0 Å². The summed E-state index contributed by atoms with van der Waals surface area (Å²) >= 11 is 0. The fraction of sp³-hybridized carbons (Fsp3) is 0.167. The van der Waals surface area contributed by atoms with Crippen LogP contribution in [0.2, 0.25) is 0 Å². The van der Waals surface area contributed by atoms with Crippen LogP contribution >= 0.6 is 0 Å². The Kier molecular flexibility index (Phi) is 6.25. The van der Waals surface area contributed by atoms with Gasteiger partial charge in [-0.25, -0.2) is 4.98 Å². The molecule has 4 heterocycles. The predicted molar refractivity (Wildman–Crippen MR) is 141 cm³/mol. The predicted octanol–water partition coefficient (Wildman–Crippen LogP) is 5.85. The van der Waals surface area contributed by atoms with E-state index in [-0.39, 0.29) is 6.10 Å². The van der Waals surface area contributed by atoms with Gasteiger partial charge in [-0.2, -0.15) is 0 Å². The number of anilines is 1. The van der Waals surface area contributed by atoms with Crippen molar-refractivity contribution in [3.8, 4) is 17.0 Å². The smallest absolute Gasteiger partial charge is 0.130 e. The zero-order valence-electron chi connectivity index (χ0n) is 19.8. The fourth-order valence-electron chi connectivity index (χ4n) is 4.57. The molecule has 1 aliphatic heterocycles. The second kappa shape index (κ2) is 10.1. The van der Waals surface area contributed by atoms with Gasteiger partial charge >= 0.3 is 0 Å². The van der Waals surface area contributed by atoms with Crippen LogP contribution in [0.3, 0.4) is 0 Å². The van der Waals surface area contributed by atoms with E-state index < -0.39 is 0 Å². The summed E-state index contributed by atoms with van der Waals surface area (Å²) < 4.78 is 12.1. The number of morpholine rings is 1. The van der Waals surface area contributed by atoms with Crippen LogP contribution in [0.5, 0.6) is 5.75 Å². The molecule has 0 saturated carbocycles. The minimum absolute atomic E-state index is 0.0139. The van der Waals surface area contributed by atoms with E-state index in [9.17, 15) is 0 Å². The molecule has 1 atom stereocenters. The van der Waals surface area contributed by atoms with Crippen molar-refractivity contribution in [1.82, 2.24) is 15.0 Å². The quantitative estimate of drug-likeness (QED) is 0.308. The number of benzene rings is 2. The maximum Gasteiger partial charge on any atom is 0.130 e. The number of aromatic nitrogens is 3. The first-order valence-electron chi connectivity index (χ1n) is 12.1. The highest BCUT2D eigenvalue weighted by Crippen LogP contribution is 2.33. The lowest BCUT2D eigenvalue weighted by Crippen LogP contribution is -2.38. The van der Waals surface area contributed by atoms with Gasteiger partial charge in [0, 0.05) is 48.2 Å². The molecule has 178 valence electrons. The maximum absolute atomic E-state index is 6.04. The van der Waals surface area contributed by atoms with E-state index in [1.54, 1.807) is 6.20 Å². The zero-order valence-corrected chi connectivity index (χ0v) is 19.8. The molecule has 0 bridgehead atoms. The number of rotatable bonds is 6. The number of hydrogen-bond acceptors (Lipinski definition) is 6. The molecule has 0 amide bonds. The molecule has 3 aromatic heterocycles. The van der Waals surface area contributed by atoms with E-state index in [1.807, 2.05) is 60.9 Å². The lowest BCUT2D eigenvalue weighted by molar-refractivity contribution is 0.0396. The average molecular weight is 475 g/mol. The van der Waals surface area contributed by atoms with E-state index in [1.165, 1.54) is 0 Å². The minimum atomic E-state index is -0.0139. The first-order valence-corrected chi connectivity index (χ1v) is 12.1. The molecular weight excluding hydrogens is 448 g/mol. The minimum Gasteiger partial charge on any atom is -0.487 e. The van der Waals surface area contributed by atoms with E-state index in [0.29, 0.717) is 13.2 Å². The Morgan fingerprint density at radius 3 is 2.67 bits per heavy atom. The van der Waals surface area contributed by atoms with Gasteiger partial charge in [-0.1, -0.05) is 30.3 Å². The van der Waals surface area contributed by atoms with Crippen LogP contribution in [0.15, 0.2) is 104 Å². The monoisotopic (exact) mass is 474 g/mol. The largest absolute Gasteiger partial charge is 0.487 e. The average Bonchev–Trinajstić information content (AvgIpc) is 2.97. The van der Waals surface area contributed by atoms with Crippen molar-refractivity contribution < 1.29 is 9.47 Å². The Bertz CT molecular complexity index is 1460. The maximum atomic E-state index is 6.04. The second-order valence-electron chi connectivity index (χ2n) is 8.77. The molecule has 0 radical (unpaired) electrons. The summed E-state index contributed by atoms with van der Waals surface area (Å²) in [7, 11) is 0. The first-order chi connectivity index (χ1) is 17.8. The third-order valence-corrected chi connectivity index (χ3v) is 6.42. The Balaban J connectivity index is 1.17. The summed E-state index contributed by atoms with van der Waals surface area (Å²) in [6, 6.07) is 28.4. The third-order valence-electron chi connectivity index (χ3n) is 6.42. The van der Waals surface area contributed by atoms with Gasteiger partial charge in [0.15, 0.2) is 0 Å². The molecule has 5 aromatic rings. The molecule has 1 unspecified atom stereocenters. The van der Waals surface area contributed by atoms with Gasteiger partial charge in [-0.15, -0.1) is 0 Å². The molecule has 1 aliphatic rings. The standard InChI is InChI=1S/C30H26N4O2/c1-2-7-27-22(5-1)9-12-25(33-27)21-36-26-13-10-23(11-14-26)30-28(8-4-16-32-30)34-17-18-35-29(20-34)24-6-3-15-31-19-24/h1-16,19,29H,17-18,20-21H2. The van der Waals surface area contributed by atoms with Crippen LogP contribution in [0, 0.1) is 0 Å². The number of hydrogen-bond donors (Lipinski definition) is 0. The molecular formula is C30H26N4O2. The van der Waals surface area contributed by atoms with E-state index in [4.69, 9.17) is 19.4 Å². The number of pyridine rings is 3. The van der Waals surface area contributed by atoms with Gasteiger partial charge in [0.25, 0.3) is 0 Å². The second-order valence-corrected chi connectivity index (χ2v) is 8.77. The Morgan fingerprint density at radius 2 is 1.78 bits per heavy atom. The van der Waals surface area contributed by atoms with Crippen LogP contribution in [0.25, 0.3) is 22.2 Å².